The van der Waals surface area contributed by atoms with Gasteiger partial charge in [-0.25, -0.2) is 0 Å². The van der Waals surface area contributed by atoms with E-state index >= 15 is 0 Å². The highest BCUT2D eigenvalue weighted by atomic mass is 32.2. The maximum absolute atomic E-state index is 5.80. The maximum Gasteiger partial charge on any atom is 0.122 e. The van der Waals surface area contributed by atoms with Crippen molar-refractivity contribution in [3.05, 3.63) is 53.6 Å². The van der Waals surface area contributed by atoms with E-state index < -0.39 is 0 Å². The molecule has 2 N–H and O–H groups in total. The largest absolute Gasteiger partial charge is 0.492 e. The van der Waals surface area contributed by atoms with E-state index in [0.717, 1.165) is 22.8 Å². The van der Waals surface area contributed by atoms with Crippen molar-refractivity contribution < 1.29 is 4.74 Å². The number of thioether (sulfide) groups is 1. The van der Waals surface area contributed by atoms with Crippen LogP contribution >= 0.6 is 11.8 Å². The van der Waals surface area contributed by atoms with E-state index in [4.69, 9.17) is 10.5 Å². The lowest BCUT2D eigenvalue weighted by Gasteiger charge is -2.09. The summed E-state index contributed by atoms with van der Waals surface area (Å²) in [5, 5.41) is 0. The molecule has 0 aromatic heterocycles. The fourth-order valence-corrected chi connectivity index (χ4v) is 2.59. The average Bonchev–Trinajstić information content (AvgIpc) is 2.40. The summed E-state index contributed by atoms with van der Waals surface area (Å²) in [6.07, 6.45) is 0. The molecule has 2 aromatic carbocycles. The van der Waals surface area contributed by atoms with Gasteiger partial charge in [0.1, 0.15) is 5.75 Å². The minimum Gasteiger partial charge on any atom is -0.492 e. The molecular formula is C16H19NOS. The molecule has 0 bridgehead atoms. The first-order valence-corrected chi connectivity index (χ1v) is 7.33. The van der Waals surface area contributed by atoms with Gasteiger partial charge >= 0.3 is 0 Å². The van der Waals surface area contributed by atoms with Gasteiger partial charge in [0.2, 0.25) is 0 Å². The van der Waals surface area contributed by atoms with Gasteiger partial charge in [0.25, 0.3) is 0 Å². The molecule has 2 aromatic rings. The first-order chi connectivity index (χ1) is 9.16. The Morgan fingerprint density at radius 3 is 2.58 bits per heavy atom. The first-order valence-electron chi connectivity index (χ1n) is 6.34. The number of hydrogen-bond donors (Lipinski definition) is 1. The van der Waals surface area contributed by atoms with Crippen molar-refractivity contribution in [2.75, 3.05) is 18.1 Å². The zero-order valence-electron chi connectivity index (χ0n) is 11.3. The Kier molecular flexibility index (Phi) is 4.74. The van der Waals surface area contributed by atoms with Gasteiger partial charge in [0.15, 0.2) is 0 Å². The molecule has 2 nitrogen and oxygen atoms in total. The molecule has 19 heavy (non-hydrogen) atoms. The number of para-hydroxylation sites is 1. The second-order valence-corrected chi connectivity index (χ2v) is 5.65. The Bertz CT molecular complexity index is 554. The van der Waals surface area contributed by atoms with E-state index in [1.165, 1.54) is 10.5 Å². The smallest absolute Gasteiger partial charge is 0.122 e. The summed E-state index contributed by atoms with van der Waals surface area (Å²) in [7, 11) is 0. The van der Waals surface area contributed by atoms with Gasteiger partial charge in [-0.3, -0.25) is 0 Å². The molecule has 2 rings (SSSR count). The number of nitrogens with two attached hydrogens (primary N) is 1. The summed E-state index contributed by atoms with van der Waals surface area (Å²) in [6.45, 7) is 4.80. The number of nitrogen functional groups attached to an aromatic ring is 1. The number of hydrogen-bond acceptors (Lipinski definition) is 3. The van der Waals surface area contributed by atoms with Crippen molar-refractivity contribution in [1.82, 2.24) is 0 Å². The van der Waals surface area contributed by atoms with Crippen molar-refractivity contribution in [1.29, 1.82) is 0 Å². The molecule has 0 aliphatic rings. The number of ether oxygens (including phenoxy) is 1. The summed E-state index contributed by atoms with van der Waals surface area (Å²) in [5.74, 6) is 1.90. The summed E-state index contributed by atoms with van der Waals surface area (Å²) in [6, 6.07) is 14.2. The van der Waals surface area contributed by atoms with Crippen LogP contribution in [-0.4, -0.2) is 12.4 Å². The highest BCUT2D eigenvalue weighted by Gasteiger charge is 2.00. The fourth-order valence-electron chi connectivity index (χ4n) is 1.77. The second kappa shape index (κ2) is 6.53. The molecule has 0 unspecified atom stereocenters. The molecule has 0 amide bonds. The quantitative estimate of drug-likeness (QED) is 0.507. The van der Waals surface area contributed by atoms with Gasteiger partial charge in [-0.2, -0.15) is 0 Å². The summed E-state index contributed by atoms with van der Waals surface area (Å²) in [4.78, 5) is 1.24. The molecule has 0 fully saturated rings. The number of anilines is 1. The topological polar surface area (TPSA) is 35.2 Å². The summed E-state index contributed by atoms with van der Waals surface area (Å²) in [5.41, 5.74) is 8.96. The van der Waals surface area contributed by atoms with Crippen molar-refractivity contribution in [3.8, 4) is 5.75 Å². The predicted molar refractivity (Wildman–Crippen MR) is 83.0 cm³/mol. The van der Waals surface area contributed by atoms with Crippen molar-refractivity contribution in [2.24, 2.45) is 0 Å². The third kappa shape index (κ3) is 3.93. The van der Waals surface area contributed by atoms with E-state index in [1.807, 2.05) is 31.2 Å². The van der Waals surface area contributed by atoms with Crippen LogP contribution in [0, 0.1) is 13.8 Å². The maximum atomic E-state index is 5.80. The lowest BCUT2D eigenvalue weighted by atomic mass is 10.2. The van der Waals surface area contributed by atoms with Crippen molar-refractivity contribution in [3.63, 3.8) is 0 Å². The van der Waals surface area contributed by atoms with E-state index in [1.54, 1.807) is 11.8 Å². The summed E-state index contributed by atoms with van der Waals surface area (Å²) >= 11 is 1.79. The molecule has 3 heteroatoms. The van der Waals surface area contributed by atoms with Crippen LogP contribution < -0.4 is 10.5 Å². The molecule has 0 saturated heterocycles. The Hall–Kier alpha value is -1.61. The molecular weight excluding hydrogens is 254 g/mol. The van der Waals surface area contributed by atoms with Crippen LogP contribution in [-0.2, 0) is 0 Å². The van der Waals surface area contributed by atoms with Gasteiger partial charge in [0, 0.05) is 16.3 Å². The summed E-state index contributed by atoms with van der Waals surface area (Å²) < 4.78 is 5.77. The molecule has 0 radical (unpaired) electrons. The molecule has 0 atom stereocenters. The van der Waals surface area contributed by atoms with Crippen LogP contribution in [0.4, 0.5) is 5.69 Å². The van der Waals surface area contributed by atoms with Crippen LogP contribution in [0.2, 0.25) is 0 Å². The van der Waals surface area contributed by atoms with Gasteiger partial charge in [-0.1, -0.05) is 18.2 Å². The van der Waals surface area contributed by atoms with E-state index in [2.05, 4.69) is 25.1 Å². The second-order valence-electron chi connectivity index (χ2n) is 4.48. The Labute approximate surface area is 119 Å². The number of aryl methyl sites for hydroxylation is 2. The lowest BCUT2D eigenvalue weighted by Crippen LogP contribution is -2.01. The van der Waals surface area contributed by atoms with Crippen molar-refractivity contribution >= 4 is 17.4 Å². The van der Waals surface area contributed by atoms with Crippen molar-refractivity contribution in [2.45, 2.75) is 18.7 Å². The SMILES string of the molecule is Cc1cc(SCCOc2ccccc2C)ccc1N. The fraction of sp³-hybridized carbons (Fsp3) is 0.250. The van der Waals surface area contributed by atoms with E-state index in [-0.39, 0.29) is 0 Å². The third-order valence-corrected chi connectivity index (χ3v) is 3.90. The van der Waals surface area contributed by atoms with Crippen LogP contribution in [0.15, 0.2) is 47.4 Å². The highest BCUT2D eigenvalue weighted by molar-refractivity contribution is 7.99. The zero-order chi connectivity index (χ0) is 13.7. The van der Waals surface area contributed by atoms with Crippen LogP contribution in [0.25, 0.3) is 0 Å². The highest BCUT2D eigenvalue weighted by Crippen LogP contribution is 2.23. The third-order valence-electron chi connectivity index (χ3n) is 2.94. The molecule has 0 aliphatic carbocycles. The average molecular weight is 273 g/mol. The molecule has 0 saturated carbocycles. The van der Waals surface area contributed by atoms with Crippen LogP contribution in [0.1, 0.15) is 11.1 Å². The predicted octanol–water partition coefficient (Wildman–Crippen LogP) is 4.06. The first kappa shape index (κ1) is 13.8. The molecule has 0 heterocycles. The monoisotopic (exact) mass is 273 g/mol. The Morgan fingerprint density at radius 2 is 1.84 bits per heavy atom. The zero-order valence-corrected chi connectivity index (χ0v) is 12.2. The number of rotatable bonds is 5. The minimum absolute atomic E-state index is 0.707. The van der Waals surface area contributed by atoms with Crippen LogP contribution in [0.3, 0.4) is 0 Å². The van der Waals surface area contributed by atoms with E-state index in [0.29, 0.717) is 6.61 Å². The van der Waals surface area contributed by atoms with Gasteiger partial charge < -0.3 is 10.5 Å². The van der Waals surface area contributed by atoms with Gasteiger partial charge in [-0.05, 0) is 49.2 Å². The molecule has 0 aliphatic heterocycles. The minimum atomic E-state index is 0.707. The van der Waals surface area contributed by atoms with E-state index in [9.17, 15) is 0 Å². The molecule has 0 spiro atoms. The molecule has 100 valence electrons. The Balaban J connectivity index is 1.81. The standard InChI is InChI=1S/C16H19NOS/c1-12-5-3-4-6-16(12)18-9-10-19-14-7-8-15(17)13(2)11-14/h3-8,11H,9-10,17H2,1-2H3. The number of benzene rings is 2. The van der Waals surface area contributed by atoms with Gasteiger partial charge in [-0.15, -0.1) is 11.8 Å². The normalized spacial score (nSPS) is 10.4. The van der Waals surface area contributed by atoms with Crippen LogP contribution in [0.5, 0.6) is 5.75 Å². The Morgan fingerprint density at radius 1 is 1.05 bits per heavy atom. The van der Waals surface area contributed by atoms with Gasteiger partial charge in [0.05, 0.1) is 6.61 Å². The lowest BCUT2D eigenvalue weighted by molar-refractivity contribution is 0.341.